The second kappa shape index (κ2) is 8.01. The Kier molecular flexibility index (Phi) is 7.02. The van der Waals surface area contributed by atoms with Crippen LogP contribution in [0.15, 0.2) is 0 Å². The van der Waals surface area contributed by atoms with Gasteiger partial charge in [0.2, 0.25) is 0 Å². The van der Waals surface area contributed by atoms with Crippen LogP contribution in [0.25, 0.3) is 0 Å². The van der Waals surface area contributed by atoms with Gasteiger partial charge in [-0.2, -0.15) is 8.78 Å². The lowest BCUT2D eigenvalue weighted by atomic mass is 9.99. The Morgan fingerprint density at radius 2 is 2.16 bits per heavy atom. The summed E-state index contributed by atoms with van der Waals surface area (Å²) in [4.78, 5) is 0. The molecule has 1 rings (SSSR count). The van der Waals surface area contributed by atoms with Crippen LogP contribution in [-0.4, -0.2) is 51.4 Å². The molecule has 114 valence electrons. The number of nitrogens with one attached hydrogen (secondary N) is 1. The molecule has 1 fully saturated rings. The van der Waals surface area contributed by atoms with Crippen LogP contribution in [0.2, 0.25) is 0 Å². The molecular formula is C12H21F4NO2. The summed E-state index contributed by atoms with van der Waals surface area (Å²) in [7, 11) is 0. The molecule has 0 aromatic rings. The third kappa shape index (κ3) is 5.62. The minimum absolute atomic E-state index is 0.00363. The van der Waals surface area contributed by atoms with E-state index in [1.165, 1.54) is 0 Å². The second-order valence-corrected chi connectivity index (χ2v) is 4.76. The van der Waals surface area contributed by atoms with Crippen molar-refractivity contribution in [3.05, 3.63) is 0 Å². The number of alkyl halides is 4. The van der Waals surface area contributed by atoms with Crippen LogP contribution in [0.5, 0.6) is 0 Å². The highest BCUT2D eigenvalue weighted by atomic mass is 19.3. The van der Waals surface area contributed by atoms with Crippen LogP contribution >= 0.6 is 0 Å². The van der Waals surface area contributed by atoms with E-state index < -0.39 is 19.0 Å². The van der Waals surface area contributed by atoms with Gasteiger partial charge in [-0.3, -0.25) is 0 Å². The molecule has 0 amide bonds. The van der Waals surface area contributed by atoms with Gasteiger partial charge < -0.3 is 14.8 Å². The lowest BCUT2D eigenvalue weighted by Gasteiger charge is -2.24. The highest BCUT2D eigenvalue weighted by Gasteiger charge is 2.41. The van der Waals surface area contributed by atoms with Crippen LogP contribution in [0.4, 0.5) is 17.6 Å². The van der Waals surface area contributed by atoms with E-state index in [0.717, 1.165) is 19.4 Å². The van der Waals surface area contributed by atoms with Crippen molar-refractivity contribution in [1.82, 2.24) is 5.32 Å². The highest BCUT2D eigenvalue weighted by molar-refractivity contribution is 4.80. The standard InChI is InChI=1S/C12H21F4NO2/c1-2-4-17-10(9-3-5-18-6-9)7-19-8-12(15,16)11(13)14/h9-11,17H,2-8H2,1H3. The van der Waals surface area contributed by atoms with Crippen LogP contribution in [-0.2, 0) is 9.47 Å². The second-order valence-electron chi connectivity index (χ2n) is 4.76. The summed E-state index contributed by atoms with van der Waals surface area (Å²) in [5.41, 5.74) is 0. The molecular weight excluding hydrogens is 266 g/mol. The van der Waals surface area contributed by atoms with Crippen LogP contribution in [0, 0.1) is 5.92 Å². The van der Waals surface area contributed by atoms with E-state index in [-0.39, 0.29) is 18.6 Å². The zero-order valence-electron chi connectivity index (χ0n) is 11.0. The molecule has 3 nitrogen and oxygen atoms in total. The molecule has 1 aliphatic rings. The van der Waals surface area contributed by atoms with E-state index in [4.69, 9.17) is 9.47 Å². The number of halogens is 4. The van der Waals surface area contributed by atoms with Gasteiger partial charge in [0.15, 0.2) is 0 Å². The van der Waals surface area contributed by atoms with Crippen molar-refractivity contribution in [2.24, 2.45) is 5.92 Å². The Morgan fingerprint density at radius 3 is 2.68 bits per heavy atom. The third-order valence-electron chi connectivity index (χ3n) is 3.10. The molecule has 19 heavy (non-hydrogen) atoms. The molecule has 2 unspecified atom stereocenters. The quantitative estimate of drug-likeness (QED) is 0.660. The summed E-state index contributed by atoms with van der Waals surface area (Å²) in [6.45, 7) is 2.66. The highest BCUT2D eigenvalue weighted by Crippen LogP contribution is 2.23. The van der Waals surface area contributed by atoms with E-state index in [2.05, 4.69) is 5.32 Å². The first-order valence-electron chi connectivity index (χ1n) is 6.52. The Morgan fingerprint density at radius 1 is 1.42 bits per heavy atom. The van der Waals surface area contributed by atoms with Crippen molar-refractivity contribution in [3.8, 4) is 0 Å². The van der Waals surface area contributed by atoms with Gasteiger partial charge in [-0.25, -0.2) is 8.78 Å². The SMILES string of the molecule is CCCNC(COCC(F)(F)C(F)F)C1CCOC1. The minimum atomic E-state index is -4.08. The summed E-state index contributed by atoms with van der Waals surface area (Å²) < 4.78 is 59.4. The summed E-state index contributed by atoms with van der Waals surface area (Å²) in [5, 5.41) is 3.19. The predicted molar refractivity (Wildman–Crippen MR) is 62.8 cm³/mol. The van der Waals surface area contributed by atoms with Crippen LogP contribution in [0.3, 0.4) is 0 Å². The molecule has 1 saturated heterocycles. The Bertz CT molecular complexity index is 248. The summed E-state index contributed by atoms with van der Waals surface area (Å²) in [6.07, 6.45) is -1.96. The van der Waals surface area contributed by atoms with Crippen molar-refractivity contribution >= 4 is 0 Å². The van der Waals surface area contributed by atoms with E-state index in [1.807, 2.05) is 6.92 Å². The predicted octanol–water partition coefficient (Wildman–Crippen LogP) is 2.31. The largest absolute Gasteiger partial charge is 0.381 e. The fraction of sp³-hybridized carbons (Fsp3) is 1.00. The zero-order valence-corrected chi connectivity index (χ0v) is 11.0. The van der Waals surface area contributed by atoms with E-state index >= 15 is 0 Å². The molecule has 0 bridgehead atoms. The maximum atomic E-state index is 12.7. The number of ether oxygens (including phenoxy) is 2. The normalized spacial score (nSPS) is 22.1. The van der Waals surface area contributed by atoms with Crippen molar-refractivity contribution < 1.29 is 27.0 Å². The topological polar surface area (TPSA) is 30.5 Å². The monoisotopic (exact) mass is 287 g/mol. The van der Waals surface area contributed by atoms with E-state index in [1.54, 1.807) is 0 Å². The lowest BCUT2D eigenvalue weighted by molar-refractivity contribution is -0.167. The lowest BCUT2D eigenvalue weighted by Crippen LogP contribution is -2.42. The molecule has 0 saturated carbocycles. The molecule has 0 aliphatic carbocycles. The molecule has 0 aromatic heterocycles. The first-order chi connectivity index (χ1) is 8.97. The van der Waals surface area contributed by atoms with E-state index in [0.29, 0.717) is 13.2 Å². The number of rotatable bonds is 9. The summed E-state index contributed by atoms with van der Waals surface area (Å²) >= 11 is 0. The fourth-order valence-corrected chi connectivity index (χ4v) is 1.95. The van der Waals surface area contributed by atoms with Crippen molar-refractivity contribution in [3.63, 3.8) is 0 Å². The third-order valence-corrected chi connectivity index (χ3v) is 3.10. The number of hydrogen-bond acceptors (Lipinski definition) is 3. The average molecular weight is 287 g/mol. The van der Waals surface area contributed by atoms with Gasteiger partial charge in [0.25, 0.3) is 0 Å². The first kappa shape index (κ1) is 16.7. The molecule has 0 spiro atoms. The maximum absolute atomic E-state index is 12.7. The van der Waals surface area contributed by atoms with Crippen LogP contribution in [0.1, 0.15) is 19.8 Å². The minimum Gasteiger partial charge on any atom is -0.381 e. The van der Waals surface area contributed by atoms with Crippen molar-refractivity contribution in [2.45, 2.75) is 38.2 Å². The molecule has 1 aliphatic heterocycles. The Balaban J connectivity index is 2.35. The van der Waals surface area contributed by atoms with Crippen LogP contribution < -0.4 is 5.32 Å². The van der Waals surface area contributed by atoms with Gasteiger partial charge in [-0.15, -0.1) is 0 Å². The molecule has 2 atom stereocenters. The van der Waals surface area contributed by atoms with Crippen molar-refractivity contribution in [1.29, 1.82) is 0 Å². The number of hydrogen-bond donors (Lipinski definition) is 1. The average Bonchev–Trinajstić information content (AvgIpc) is 2.86. The smallest absolute Gasteiger partial charge is 0.330 e. The van der Waals surface area contributed by atoms with Gasteiger partial charge in [-0.05, 0) is 19.4 Å². The first-order valence-corrected chi connectivity index (χ1v) is 6.52. The molecule has 1 N–H and O–H groups in total. The van der Waals surface area contributed by atoms with Crippen molar-refractivity contribution in [2.75, 3.05) is 33.0 Å². The van der Waals surface area contributed by atoms with Gasteiger partial charge >= 0.3 is 12.3 Å². The van der Waals surface area contributed by atoms with Gasteiger partial charge in [-0.1, -0.05) is 6.92 Å². The van der Waals surface area contributed by atoms with E-state index in [9.17, 15) is 17.6 Å². The summed E-state index contributed by atoms with van der Waals surface area (Å²) in [5.74, 6) is -3.90. The molecule has 7 heteroatoms. The molecule has 0 aromatic carbocycles. The Hall–Kier alpha value is -0.400. The summed E-state index contributed by atoms with van der Waals surface area (Å²) in [6, 6.07) is -0.129. The van der Waals surface area contributed by atoms with Gasteiger partial charge in [0.05, 0.1) is 13.2 Å². The Labute approximate surface area is 110 Å². The van der Waals surface area contributed by atoms with Gasteiger partial charge in [0.1, 0.15) is 6.61 Å². The molecule has 1 heterocycles. The van der Waals surface area contributed by atoms with Gasteiger partial charge in [0, 0.05) is 18.6 Å². The maximum Gasteiger partial charge on any atom is 0.330 e. The zero-order chi connectivity index (χ0) is 14.3. The fourth-order valence-electron chi connectivity index (χ4n) is 1.95. The molecule has 0 radical (unpaired) electrons.